The Kier molecular flexibility index (Phi) is 4.04. The average Bonchev–Trinajstić information content (AvgIpc) is 2.45. The largest absolute Gasteiger partial charge is 0.375 e. The first kappa shape index (κ1) is 10.3. The summed E-state index contributed by atoms with van der Waals surface area (Å²) in [4.78, 5) is 4.00. The van der Waals surface area contributed by atoms with Crippen LogP contribution in [0, 0.1) is 0 Å². The molecule has 0 aliphatic heterocycles. The summed E-state index contributed by atoms with van der Waals surface area (Å²) in [6.45, 7) is 0.243. The molecule has 1 aromatic rings. The van der Waals surface area contributed by atoms with Crippen LogP contribution >= 0.6 is 11.3 Å². The molecule has 0 radical (unpaired) electrons. The Morgan fingerprint density at radius 3 is 2.92 bits per heavy atom. The average molecular weight is 207 g/mol. The monoisotopic (exact) mass is 207 g/mol. The fourth-order valence-corrected chi connectivity index (χ4v) is 1.46. The highest BCUT2D eigenvalue weighted by Gasteiger charge is 2.01. The van der Waals surface area contributed by atoms with Crippen molar-refractivity contribution >= 4 is 16.5 Å². The maximum atomic E-state index is 11.7. The van der Waals surface area contributed by atoms with E-state index in [0.29, 0.717) is 18.1 Å². The van der Waals surface area contributed by atoms with E-state index in [0.717, 1.165) is 5.69 Å². The molecule has 0 unspecified atom stereocenters. The third-order valence-corrected chi connectivity index (χ3v) is 2.15. The summed E-state index contributed by atoms with van der Waals surface area (Å²) in [6, 6.07) is 0. The number of nitrogens with two attached hydrogens (primary N) is 1. The molecule has 0 bridgehead atoms. The van der Waals surface area contributed by atoms with Crippen molar-refractivity contribution in [3.63, 3.8) is 0 Å². The summed E-state index contributed by atoms with van der Waals surface area (Å²) in [6.07, 6.45) is -1.65. The van der Waals surface area contributed by atoms with Gasteiger partial charge in [0, 0.05) is 18.3 Å². The minimum atomic E-state index is -2.29. The number of nitrogens with zero attached hydrogens (tertiary/aromatic N) is 1. The van der Waals surface area contributed by atoms with Crippen LogP contribution in [-0.4, -0.2) is 24.5 Å². The van der Waals surface area contributed by atoms with Gasteiger partial charge in [-0.1, -0.05) is 0 Å². The molecule has 1 aromatic heterocycles. The lowest BCUT2D eigenvalue weighted by Gasteiger charge is -2.00. The van der Waals surface area contributed by atoms with E-state index >= 15 is 0 Å². The van der Waals surface area contributed by atoms with Gasteiger partial charge in [-0.2, -0.15) is 0 Å². The Balaban J connectivity index is 2.13. The van der Waals surface area contributed by atoms with Gasteiger partial charge >= 0.3 is 0 Å². The number of nitrogen functional groups attached to an aromatic ring is 1. The highest BCUT2D eigenvalue weighted by atomic mass is 32.1. The van der Waals surface area contributed by atoms with Gasteiger partial charge in [0.1, 0.15) is 0 Å². The minimum Gasteiger partial charge on any atom is -0.375 e. The molecule has 6 heteroatoms. The summed E-state index contributed by atoms with van der Waals surface area (Å²) in [7, 11) is 0. The lowest BCUT2D eigenvalue weighted by molar-refractivity contribution is 0.146. The maximum absolute atomic E-state index is 11.7. The highest BCUT2D eigenvalue weighted by molar-refractivity contribution is 7.13. The van der Waals surface area contributed by atoms with Crippen LogP contribution < -0.4 is 11.1 Å². The first-order valence-electron chi connectivity index (χ1n) is 3.87. The molecule has 0 amide bonds. The molecule has 0 saturated carbocycles. The van der Waals surface area contributed by atoms with Crippen molar-refractivity contribution < 1.29 is 8.78 Å². The summed E-state index contributed by atoms with van der Waals surface area (Å²) in [5.41, 5.74) is 6.25. The van der Waals surface area contributed by atoms with E-state index in [1.807, 2.05) is 5.38 Å². The van der Waals surface area contributed by atoms with Gasteiger partial charge in [-0.25, -0.2) is 13.8 Å². The molecule has 74 valence electrons. The summed E-state index contributed by atoms with van der Waals surface area (Å²) >= 11 is 1.36. The van der Waals surface area contributed by atoms with Crippen LogP contribution in [0.2, 0.25) is 0 Å². The minimum absolute atomic E-state index is 0.264. The molecule has 13 heavy (non-hydrogen) atoms. The maximum Gasteiger partial charge on any atom is 0.250 e. The Hall–Kier alpha value is -0.750. The van der Waals surface area contributed by atoms with Crippen molar-refractivity contribution in [3.8, 4) is 0 Å². The van der Waals surface area contributed by atoms with Gasteiger partial charge in [-0.15, -0.1) is 11.3 Å². The molecule has 3 nitrogen and oxygen atoms in total. The zero-order chi connectivity index (χ0) is 9.68. The van der Waals surface area contributed by atoms with E-state index in [4.69, 9.17) is 5.73 Å². The van der Waals surface area contributed by atoms with Crippen molar-refractivity contribution in [2.45, 2.75) is 12.8 Å². The molecule has 0 atom stereocenters. The number of rotatable bonds is 5. The SMILES string of the molecule is Nc1nc(CCNCC(F)F)cs1. The van der Waals surface area contributed by atoms with Crippen LogP contribution in [0.5, 0.6) is 0 Å². The van der Waals surface area contributed by atoms with Gasteiger partial charge in [-0.3, -0.25) is 0 Å². The highest BCUT2D eigenvalue weighted by Crippen LogP contribution is 2.10. The zero-order valence-corrected chi connectivity index (χ0v) is 7.78. The molecular formula is C7H11F2N3S. The van der Waals surface area contributed by atoms with Crippen LogP contribution in [0.4, 0.5) is 13.9 Å². The quantitative estimate of drug-likeness (QED) is 0.711. The van der Waals surface area contributed by atoms with Crippen molar-refractivity contribution in [1.29, 1.82) is 0 Å². The van der Waals surface area contributed by atoms with E-state index < -0.39 is 6.43 Å². The predicted molar refractivity (Wildman–Crippen MR) is 49.1 cm³/mol. The van der Waals surface area contributed by atoms with Gasteiger partial charge in [0.2, 0.25) is 0 Å². The van der Waals surface area contributed by atoms with Gasteiger partial charge in [0.15, 0.2) is 5.13 Å². The number of anilines is 1. The number of thiazole rings is 1. The molecule has 0 aliphatic carbocycles. The van der Waals surface area contributed by atoms with Crippen LogP contribution in [0.15, 0.2) is 5.38 Å². The second-order valence-electron chi connectivity index (χ2n) is 2.52. The molecule has 0 saturated heterocycles. The van der Waals surface area contributed by atoms with Gasteiger partial charge in [-0.05, 0) is 0 Å². The van der Waals surface area contributed by atoms with Crippen LogP contribution in [0.1, 0.15) is 5.69 Å². The number of halogens is 2. The summed E-state index contributed by atoms with van der Waals surface area (Å²) in [5, 5.41) is 4.97. The van der Waals surface area contributed by atoms with Crippen LogP contribution in [-0.2, 0) is 6.42 Å². The fourth-order valence-electron chi connectivity index (χ4n) is 0.865. The second kappa shape index (κ2) is 5.08. The zero-order valence-electron chi connectivity index (χ0n) is 6.96. The number of hydrogen-bond acceptors (Lipinski definition) is 4. The molecule has 0 fully saturated rings. The van der Waals surface area contributed by atoms with Crippen molar-refractivity contribution in [3.05, 3.63) is 11.1 Å². The standard InChI is InChI=1S/C7H11F2N3S/c8-6(9)3-11-2-1-5-4-13-7(10)12-5/h4,6,11H,1-3H2,(H2,10,12). The second-order valence-corrected chi connectivity index (χ2v) is 3.41. The third-order valence-electron chi connectivity index (χ3n) is 1.43. The number of aromatic nitrogens is 1. The Morgan fingerprint density at radius 1 is 1.62 bits per heavy atom. The van der Waals surface area contributed by atoms with Crippen LogP contribution in [0.25, 0.3) is 0 Å². The molecule has 0 aliphatic rings. The first-order valence-corrected chi connectivity index (χ1v) is 4.75. The number of alkyl halides is 2. The van der Waals surface area contributed by atoms with Crippen molar-refractivity contribution in [2.24, 2.45) is 0 Å². The van der Waals surface area contributed by atoms with E-state index in [2.05, 4.69) is 10.3 Å². The van der Waals surface area contributed by atoms with E-state index in [1.165, 1.54) is 11.3 Å². The molecule has 1 rings (SSSR count). The predicted octanol–water partition coefficient (Wildman–Crippen LogP) is 1.12. The Morgan fingerprint density at radius 2 is 2.38 bits per heavy atom. The van der Waals surface area contributed by atoms with Gasteiger partial charge < -0.3 is 11.1 Å². The van der Waals surface area contributed by atoms with Crippen LogP contribution in [0.3, 0.4) is 0 Å². The summed E-state index contributed by atoms with van der Waals surface area (Å²) in [5.74, 6) is 0. The van der Waals surface area contributed by atoms with E-state index in [9.17, 15) is 8.78 Å². The Bertz CT molecular complexity index is 252. The molecule has 0 spiro atoms. The molecule has 1 heterocycles. The van der Waals surface area contributed by atoms with Crippen molar-refractivity contribution in [1.82, 2.24) is 10.3 Å². The normalized spacial score (nSPS) is 11.0. The summed E-state index contributed by atoms with van der Waals surface area (Å²) < 4.78 is 23.3. The lowest BCUT2D eigenvalue weighted by atomic mass is 10.3. The fraction of sp³-hybridized carbons (Fsp3) is 0.571. The van der Waals surface area contributed by atoms with Crippen molar-refractivity contribution in [2.75, 3.05) is 18.8 Å². The lowest BCUT2D eigenvalue weighted by Crippen LogP contribution is -2.23. The number of nitrogens with one attached hydrogen (secondary N) is 1. The van der Waals surface area contributed by atoms with Gasteiger partial charge in [0.25, 0.3) is 6.43 Å². The first-order chi connectivity index (χ1) is 6.18. The molecule has 0 aromatic carbocycles. The topological polar surface area (TPSA) is 50.9 Å². The Labute approximate surface area is 79.0 Å². The third kappa shape index (κ3) is 4.14. The molecular weight excluding hydrogens is 196 g/mol. The molecule has 3 N–H and O–H groups in total. The van der Waals surface area contributed by atoms with E-state index in [-0.39, 0.29) is 6.54 Å². The smallest absolute Gasteiger partial charge is 0.250 e. The van der Waals surface area contributed by atoms with E-state index in [1.54, 1.807) is 0 Å². The van der Waals surface area contributed by atoms with Gasteiger partial charge in [0.05, 0.1) is 12.2 Å². The number of hydrogen-bond donors (Lipinski definition) is 2.